The first-order valence-corrected chi connectivity index (χ1v) is 8.97. The molecular formula is C12H16BrClO3S. The van der Waals surface area contributed by atoms with Crippen LogP contribution in [0.1, 0.15) is 24.8 Å². The molecule has 18 heavy (non-hydrogen) atoms. The molecule has 0 unspecified atom stereocenters. The molecule has 0 amide bonds. The molecule has 0 aliphatic rings. The third-order valence-electron chi connectivity index (χ3n) is 2.43. The van der Waals surface area contributed by atoms with Gasteiger partial charge in [0.05, 0.1) is 12.4 Å². The molecule has 6 heteroatoms. The molecule has 0 bridgehead atoms. The first-order chi connectivity index (χ1) is 8.38. The van der Waals surface area contributed by atoms with Crippen LogP contribution in [0.25, 0.3) is 0 Å². The van der Waals surface area contributed by atoms with Crippen LogP contribution in [-0.2, 0) is 9.05 Å². The van der Waals surface area contributed by atoms with Gasteiger partial charge in [-0.25, -0.2) is 8.42 Å². The number of unbranched alkanes of at least 4 members (excludes halogenated alkanes) is 2. The summed E-state index contributed by atoms with van der Waals surface area (Å²) >= 11 is 3.43. The van der Waals surface area contributed by atoms with Crippen molar-refractivity contribution in [2.75, 3.05) is 12.4 Å². The Morgan fingerprint density at radius 1 is 1.28 bits per heavy atom. The highest BCUT2D eigenvalue weighted by Crippen LogP contribution is 2.21. The highest BCUT2D eigenvalue weighted by atomic mass is 79.9. The standard InChI is InChI=1S/C12H16BrClO3S/c1-10-9-11(5-6-12(10)13)17-7-3-2-4-8-18(14,15)16/h5-6,9H,2-4,7-8H2,1H3. The molecule has 102 valence electrons. The molecule has 1 aromatic carbocycles. The predicted octanol–water partition coefficient (Wildman–Crippen LogP) is 3.88. The van der Waals surface area contributed by atoms with Crippen molar-refractivity contribution in [3.63, 3.8) is 0 Å². The first-order valence-electron chi connectivity index (χ1n) is 5.70. The molecule has 0 atom stereocenters. The van der Waals surface area contributed by atoms with Crippen molar-refractivity contribution in [1.82, 2.24) is 0 Å². The quantitative estimate of drug-likeness (QED) is 0.551. The van der Waals surface area contributed by atoms with E-state index in [-0.39, 0.29) is 5.75 Å². The van der Waals surface area contributed by atoms with Gasteiger partial charge < -0.3 is 4.74 Å². The highest BCUT2D eigenvalue weighted by molar-refractivity contribution is 9.10. The van der Waals surface area contributed by atoms with Crippen molar-refractivity contribution in [2.45, 2.75) is 26.2 Å². The maximum Gasteiger partial charge on any atom is 0.232 e. The van der Waals surface area contributed by atoms with Crippen molar-refractivity contribution in [1.29, 1.82) is 0 Å². The van der Waals surface area contributed by atoms with E-state index >= 15 is 0 Å². The fourth-order valence-corrected chi connectivity index (χ4v) is 2.57. The Labute approximate surface area is 121 Å². The SMILES string of the molecule is Cc1cc(OCCCCCS(=O)(=O)Cl)ccc1Br. The molecule has 0 aromatic heterocycles. The van der Waals surface area contributed by atoms with Gasteiger partial charge in [-0.3, -0.25) is 0 Å². The Morgan fingerprint density at radius 3 is 2.61 bits per heavy atom. The largest absolute Gasteiger partial charge is 0.494 e. The van der Waals surface area contributed by atoms with Gasteiger partial charge in [-0.1, -0.05) is 15.9 Å². The zero-order valence-electron chi connectivity index (χ0n) is 10.2. The van der Waals surface area contributed by atoms with Crippen LogP contribution in [0.15, 0.2) is 22.7 Å². The maximum atomic E-state index is 10.7. The van der Waals surface area contributed by atoms with E-state index in [1.807, 2.05) is 25.1 Å². The van der Waals surface area contributed by atoms with Gasteiger partial charge in [0.2, 0.25) is 9.05 Å². The third-order valence-corrected chi connectivity index (χ3v) is 4.56. The van der Waals surface area contributed by atoms with Crippen molar-refractivity contribution in [2.24, 2.45) is 0 Å². The lowest BCUT2D eigenvalue weighted by molar-refractivity contribution is 0.306. The summed E-state index contributed by atoms with van der Waals surface area (Å²) in [7, 11) is 1.76. The number of ether oxygens (including phenoxy) is 1. The van der Waals surface area contributed by atoms with E-state index in [2.05, 4.69) is 15.9 Å². The highest BCUT2D eigenvalue weighted by Gasteiger charge is 2.04. The van der Waals surface area contributed by atoms with E-state index in [9.17, 15) is 8.42 Å². The van der Waals surface area contributed by atoms with Gasteiger partial charge in [-0.2, -0.15) is 0 Å². The summed E-state index contributed by atoms with van der Waals surface area (Å²) in [6.45, 7) is 2.59. The van der Waals surface area contributed by atoms with E-state index in [0.29, 0.717) is 13.0 Å². The Hall–Kier alpha value is -0.260. The summed E-state index contributed by atoms with van der Waals surface area (Å²) in [6.07, 6.45) is 2.19. The predicted molar refractivity (Wildman–Crippen MR) is 77.9 cm³/mol. The number of halogens is 2. The molecule has 0 spiro atoms. The van der Waals surface area contributed by atoms with E-state index in [1.165, 1.54) is 0 Å². The summed E-state index contributed by atoms with van der Waals surface area (Å²) in [5.74, 6) is 0.868. The van der Waals surface area contributed by atoms with Crippen LogP contribution in [0.2, 0.25) is 0 Å². The Balaban J connectivity index is 2.20. The molecule has 3 nitrogen and oxygen atoms in total. The number of benzene rings is 1. The van der Waals surface area contributed by atoms with Crippen molar-refractivity contribution < 1.29 is 13.2 Å². The smallest absolute Gasteiger partial charge is 0.232 e. The van der Waals surface area contributed by atoms with Gasteiger partial charge >= 0.3 is 0 Å². The Kier molecular flexibility index (Phi) is 6.46. The molecule has 0 N–H and O–H groups in total. The van der Waals surface area contributed by atoms with E-state index in [0.717, 1.165) is 28.6 Å². The van der Waals surface area contributed by atoms with Gasteiger partial charge in [0.1, 0.15) is 5.75 Å². The Morgan fingerprint density at radius 2 is 2.00 bits per heavy atom. The van der Waals surface area contributed by atoms with Crippen LogP contribution in [-0.4, -0.2) is 20.8 Å². The molecule has 0 heterocycles. The fraction of sp³-hybridized carbons (Fsp3) is 0.500. The van der Waals surface area contributed by atoms with Crippen molar-refractivity contribution in [3.05, 3.63) is 28.2 Å². The van der Waals surface area contributed by atoms with Gasteiger partial charge in [0.25, 0.3) is 0 Å². The minimum atomic E-state index is -3.35. The zero-order chi connectivity index (χ0) is 13.6. The van der Waals surface area contributed by atoms with Crippen LogP contribution in [0.5, 0.6) is 5.75 Å². The van der Waals surface area contributed by atoms with Crippen molar-refractivity contribution in [3.8, 4) is 5.75 Å². The average Bonchev–Trinajstić information content (AvgIpc) is 2.26. The van der Waals surface area contributed by atoms with Crippen molar-refractivity contribution >= 4 is 35.7 Å². The summed E-state index contributed by atoms with van der Waals surface area (Å²) in [4.78, 5) is 0. The zero-order valence-corrected chi connectivity index (χ0v) is 13.3. The molecule has 0 aliphatic heterocycles. The van der Waals surface area contributed by atoms with E-state index in [1.54, 1.807) is 0 Å². The molecule has 1 aromatic rings. The second-order valence-corrected chi connectivity index (χ2v) is 7.81. The lowest BCUT2D eigenvalue weighted by atomic mass is 10.2. The topological polar surface area (TPSA) is 43.4 Å². The minimum absolute atomic E-state index is 0.0337. The lowest BCUT2D eigenvalue weighted by Crippen LogP contribution is -2.01. The van der Waals surface area contributed by atoms with Gasteiger partial charge in [-0.15, -0.1) is 0 Å². The lowest BCUT2D eigenvalue weighted by Gasteiger charge is -2.07. The number of hydrogen-bond acceptors (Lipinski definition) is 3. The van der Waals surface area contributed by atoms with Crippen LogP contribution in [0.4, 0.5) is 0 Å². The van der Waals surface area contributed by atoms with Gasteiger partial charge in [0.15, 0.2) is 0 Å². The third kappa shape index (κ3) is 6.61. The molecular weight excluding hydrogens is 340 g/mol. The second kappa shape index (κ2) is 7.36. The number of hydrogen-bond donors (Lipinski definition) is 0. The van der Waals surface area contributed by atoms with Crippen LogP contribution < -0.4 is 4.74 Å². The molecule has 0 saturated heterocycles. The van der Waals surface area contributed by atoms with Crippen LogP contribution >= 0.6 is 26.6 Å². The molecule has 0 saturated carbocycles. The van der Waals surface area contributed by atoms with Gasteiger partial charge in [0, 0.05) is 15.2 Å². The minimum Gasteiger partial charge on any atom is -0.494 e. The molecule has 0 radical (unpaired) electrons. The van der Waals surface area contributed by atoms with Crippen LogP contribution in [0.3, 0.4) is 0 Å². The van der Waals surface area contributed by atoms with E-state index in [4.69, 9.17) is 15.4 Å². The maximum absolute atomic E-state index is 10.7. The molecule has 0 aliphatic carbocycles. The van der Waals surface area contributed by atoms with Gasteiger partial charge in [-0.05, 0) is 49.9 Å². The summed E-state index contributed by atoms with van der Waals surface area (Å²) in [5.41, 5.74) is 1.13. The first kappa shape index (κ1) is 15.8. The summed E-state index contributed by atoms with van der Waals surface area (Å²) < 4.78 is 28.0. The number of rotatable bonds is 7. The Bertz CT molecular complexity index is 488. The molecule has 1 rings (SSSR count). The fourth-order valence-electron chi connectivity index (χ4n) is 1.45. The summed E-state index contributed by atoms with van der Waals surface area (Å²) in [6, 6.07) is 5.82. The average molecular weight is 356 g/mol. The summed E-state index contributed by atoms with van der Waals surface area (Å²) in [5, 5.41) is 0. The monoisotopic (exact) mass is 354 g/mol. The van der Waals surface area contributed by atoms with E-state index < -0.39 is 9.05 Å². The normalized spacial score (nSPS) is 11.5. The molecule has 0 fully saturated rings. The second-order valence-electron chi connectivity index (χ2n) is 4.06. The number of aryl methyl sites for hydroxylation is 1. The van der Waals surface area contributed by atoms with Crippen LogP contribution in [0, 0.1) is 6.92 Å².